The summed E-state index contributed by atoms with van der Waals surface area (Å²) in [6, 6.07) is 8.72. The third-order valence-electron chi connectivity index (χ3n) is 10.5. The van der Waals surface area contributed by atoms with Crippen LogP contribution in [0.3, 0.4) is 0 Å². The molecule has 7 nitrogen and oxygen atoms in total. The molecular formula is C34H39F3N2O5. The minimum absolute atomic E-state index is 0.0510. The van der Waals surface area contributed by atoms with Crippen LogP contribution in [-0.4, -0.2) is 75.7 Å². The minimum Gasteiger partial charge on any atom is -0.504 e. The molecule has 1 spiro atoms. The Morgan fingerprint density at radius 1 is 1.20 bits per heavy atom. The summed E-state index contributed by atoms with van der Waals surface area (Å²) in [6.07, 6.45) is 2.39. The van der Waals surface area contributed by atoms with Gasteiger partial charge in [0.05, 0.1) is 17.1 Å². The number of hydrogen-bond acceptors (Lipinski definition) is 6. The number of carbonyl (C=O) groups excluding carboxylic acids is 1. The van der Waals surface area contributed by atoms with Gasteiger partial charge in [-0.2, -0.15) is 0 Å². The number of nitrogens with zero attached hydrogens (tertiary/aromatic N) is 2. The van der Waals surface area contributed by atoms with Gasteiger partial charge in [-0.05, 0) is 92.3 Å². The van der Waals surface area contributed by atoms with E-state index in [2.05, 4.69) is 9.64 Å². The highest BCUT2D eigenvalue weighted by Gasteiger charge is 2.73. The van der Waals surface area contributed by atoms with Gasteiger partial charge in [-0.15, -0.1) is 13.2 Å². The molecule has 3 fully saturated rings. The fourth-order valence-electron chi connectivity index (χ4n) is 8.64. The quantitative estimate of drug-likeness (QED) is 0.388. The predicted molar refractivity (Wildman–Crippen MR) is 157 cm³/mol. The fourth-order valence-corrected chi connectivity index (χ4v) is 8.64. The van der Waals surface area contributed by atoms with Gasteiger partial charge in [0.2, 0.25) is 5.91 Å². The molecule has 0 radical (unpaired) electrons. The van der Waals surface area contributed by atoms with Crippen molar-refractivity contribution in [2.75, 3.05) is 19.6 Å². The number of carbonyl (C=O) groups is 1. The number of hydrogen-bond donors (Lipinski definition) is 2. The molecule has 0 aromatic heterocycles. The Morgan fingerprint density at radius 2 is 2.00 bits per heavy atom. The van der Waals surface area contributed by atoms with Crippen molar-refractivity contribution in [3.05, 3.63) is 59.2 Å². The van der Waals surface area contributed by atoms with Gasteiger partial charge in [-0.1, -0.05) is 32.0 Å². The van der Waals surface area contributed by atoms with Crippen molar-refractivity contribution >= 4 is 12.0 Å². The predicted octanol–water partition coefficient (Wildman–Crippen LogP) is 5.42. The number of likely N-dealkylation sites (tertiary alicyclic amines) is 1. The molecule has 5 aliphatic rings. The van der Waals surface area contributed by atoms with E-state index < -0.39 is 23.5 Å². The number of amides is 1. The standard InChI is InChI=1S/C34H39F3N2O5/c1-20(2)18-39(28(41)11-8-21-4-3-5-24(16-21)44-34(35,36)37)25-12-13-33(42)27-17-23-9-10-26(40)30-29(23)32(33,31(25)43-30)14-15-38(27)19-22-6-7-22/h3-5,8-11,16,20,22,25,27,31,40,42H,6-7,12-15,17-19H2,1-2H3/t25-,27+,31-,32-,33+/m0/s1. The van der Waals surface area contributed by atoms with Crippen molar-refractivity contribution < 1.29 is 37.7 Å². The Kier molecular flexibility index (Phi) is 6.97. The first-order valence-corrected chi connectivity index (χ1v) is 15.7. The van der Waals surface area contributed by atoms with Gasteiger partial charge in [0.15, 0.2) is 11.5 Å². The van der Waals surface area contributed by atoms with Crippen LogP contribution in [0.25, 0.3) is 6.08 Å². The zero-order valence-corrected chi connectivity index (χ0v) is 25.0. The van der Waals surface area contributed by atoms with Crippen molar-refractivity contribution in [1.29, 1.82) is 0 Å². The van der Waals surface area contributed by atoms with Gasteiger partial charge in [-0.3, -0.25) is 9.69 Å². The number of piperidine rings is 1. The maximum atomic E-state index is 13.9. The normalized spacial score (nSPS) is 30.8. The second-order valence-electron chi connectivity index (χ2n) is 13.7. The molecule has 3 aliphatic carbocycles. The van der Waals surface area contributed by atoms with Crippen LogP contribution in [0.4, 0.5) is 13.2 Å². The second-order valence-corrected chi connectivity index (χ2v) is 13.7. The second kappa shape index (κ2) is 10.4. The van der Waals surface area contributed by atoms with E-state index in [1.54, 1.807) is 17.0 Å². The molecule has 2 bridgehead atoms. The lowest BCUT2D eigenvalue weighted by atomic mass is 9.48. The SMILES string of the molecule is CC(C)CN(C(=O)C=Cc1cccc(OC(F)(F)F)c1)[C@H]1CC[C@@]2(O)[C@H]3Cc4ccc(O)c5c4[C@@]2(CCN3CC2CC2)[C@H]1O5. The average molecular weight is 613 g/mol. The number of phenols is 1. The Balaban J connectivity index is 1.23. The molecule has 2 aromatic carbocycles. The minimum atomic E-state index is -4.81. The number of ether oxygens (including phenoxy) is 2. The topological polar surface area (TPSA) is 82.5 Å². The molecule has 5 atom stereocenters. The lowest BCUT2D eigenvalue weighted by Crippen LogP contribution is -2.78. The Bertz CT molecular complexity index is 1490. The lowest BCUT2D eigenvalue weighted by Gasteiger charge is -2.65. The van der Waals surface area contributed by atoms with Crippen LogP contribution in [-0.2, 0) is 16.6 Å². The van der Waals surface area contributed by atoms with E-state index >= 15 is 0 Å². The van der Waals surface area contributed by atoms with Crippen molar-refractivity contribution in [1.82, 2.24) is 9.80 Å². The summed E-state index contributed by atoms with van der Waals surface area (Å²) in [5.41, 5.74) is 0.586. The number of alkyl halides is 3. The van der Waals surface area contributed by atoms with Gasteiger partial charge in [-0.25, -0.2) is 0 Å². The first-order chi connectivity index (χ1) is 20.9. The molecule has 44 heavy (non-hydrogen) atoms. The molecule has 2 N–H and O–H groups in total. The van der Waals surface area contributed by atoms with Crippen molar-refractivity contribution in [2.24, 2.45) is 11.8 Å². The average Bonchev–Trinajstić information content (AvgIpc) is 3.70. The van der Waals surface area contributed by atoms with Gasteiger partial charge in [0, 0.05) is 30.8 Å². The monoisotopic (exact) mass is 612 g/mol. The van der Waals surface area contributed by atoms with Crippen molar-refractivity contribution in [3.63, 3.8) is 0 Å². The molecule has 1 saturated heterocycles. The molecule has 2 heterocycles. The van der Waals surface area contributed by atoms with E-state index in [0.717, 1.165) is 24.2 Å². The Hall–Kier alpha value is -3.24. The smallest absolute Gasteiger partial charge is 0.504 e. The molecular weight excluding hydrogens is 573 g/mol. The summed E-state index contributed by atoms with van der Waals surface area (Å²) in [4.78, 5) is 18.2. The summed E-state index contributed by atoms with van der Waals surface area (Å²) in [6.45, 7) is 6.29. The van der Waals surface area contributed by atoms with E-state index in [1.807, 2.05) is 19.9 Å². The Labute approximate surface area is 255 Å². The molecule has 2 aliphatic heterocycles. The summed E-state index contributed by atoms with van der Waals surface area (Å²) >= 11 is 0. The van der Waals surface area contributed by atoms with Crippen LogP contribution in [0.5, 0.6) is 17.2 Å². The number of aliphatic hydroxyl groups is 1. The van der Waals surface area contributed by atoms with Crippen LogP contribution < -0.4 is 9.47 Å². The van der Waals surface area contributed by atoms with Crippen molar-refractivity contribution in [2.45, 2.75) is 87.9 Å². The number of phenolic OH excluding ortho intramolecular Hbond substituents is 1. The largest absolute Gasteiger partial charge is 0.573 e. The highest BCUT2D eigenvalue weighted by atomic mass is 19.4. The third kappa shape index (κ3) is 4.76. The molecule has 2 aromatic rings. The van der Waals surface area contributed by atoms with E-state index in [0.29, 0.717) is 49.5 Å². The maximum Gasteiger partial charge on any atom is 0.573 e. The van der Waals surface area contributed by atoms with Gasteiger partial charge in [0.1, 0.15) is 11.9 Å². The molecule has 2 saturated carbocycles. The number of halogens is 3. The van der Waals surface area contributed by atoms with Gasteiger partial charge < -0.3 is 24.6 Å². The molecule has 10 heteroatoms. The summed E-state index contributed by atoms with van der Waals surface area (Å²) in [5.74, 6) is 0.653. The first-order valence-electron chi connectivity index (χ1n) is 15.7. The Morgan fingerprint density at radius 3 is 2.73 bits per heavy atom. The highest BCUT2D eigenvalue weighted by molar-refractivity contribution is 5.92. The van der Waals surface area contributed by atoms with Crippen LogP contribution in [0.15, 0.2) is 42.5 Å². The third-order valence-corrected chi connectivity index (χ3v) is 10.5. The molecule has 7 rings (SSSR count). The van der Waals surface area contributed by atoms with Crippen LogP contribution in [0.1, 0.15) is 62.6 Å². The van der Waals surface area contributed by atoms with Gasteiger partial charge >= 0.3 is 6.36 Å². The fraction of sp³-hybridized carbons (Fsp3) is 0.559. The molecule has 0 unspecified atom stereocenters. The summed E-state index contributed by atoms with van der Waals surface area (Å²) in [5, 5.41) is 23.7. The van der Waals surface area contributed by atoms with E-state index in [-0.39, 0.29) is 35.4 Å². The first kappa shape index (κ1) is 29.5. The zero-order chi connectivity index (χ0) is 31.0. The van der Waals surface area contributed by atoms with E-state index in [1.165, 1.54) is 43.2 Å². The van der Waals surface area contributed by atoms with Gasteiger partial charge in [0.25, 0.3) is 0 Å². The van der Waals surface area contributed by atoms with Crippen molar-refractivity contribution in [3.8, 4) is 17.2 Å². The van der Waals surface area contributed by atoms with Crippen LogP contribution in [0.2, 0.25) is 0 Å². The van der Waals surface area contributed by atoms with Crippen LogP contribution in [0, 0.1) is 11.8 Å². The number of benzene rings is 2. The van der Waals surface area contributed by atoms with E-state index in [9.17, 15) is 28.2 Å². The highest BCUT2D eigenvalue weighted by Crippen LogP contribution is 2.66. The zero-order valence-electron chi connectivity index (χ0n) is 25.0. The maximum absolute atomic E-state index is 13.9. The van der Waals surface area contributed by atoms with Crippen LogP contribution >= 0.6 is 0 Å². The number of rotatable bonds is 8. The lowest BCUT2D eigenvalue weighted by molar-refractivity contribution is -0.274. The molecule has 1 amide bonds. The van der Waals surface area contributed by atoms with E-state index in [4.69, 9.17) is 4.74 Å². The summed E-state index contributed by atoms with van der Waals surface area (Å²) < 4.78 is 49.0. The molecule has 236 valence electrons. The summed E-state index contributed by atoms with van der Waals surface area (Å²) in [7, 11) is 0. The number of aromatic hydroxyl groups is 1.